The topological polar surface area (TPSA) is 57.2 Å². The molecule has 0 unspecified atom stereocenters. The lowest BCUT2D eigenvalue weighted by Gasteiger charge is -2.56. The van der Waals surface area contributed by atoms with Crippen molar-refractivity contribution in [3.63, 3.8) is 0 Å². The minimum absolute atomic E-state index is 0.00122. The summed E-state index contributed by atoms with van der Waals surface area (Å²) >= 11 is 0. The Hall–Kier alpha value is -0.780. The van der Waals surface area contributed by atoms with Crippen LogP contribution >= 0.6 is 0 Å². The molecule has 0 aromatic rings. The first-order chi connectivity index (χ1) is 9.46. The first kappa shape index (κ1) is 12.9. The third-order valence-electron chi connectivity index (χ3n) is 5.80. The second kappa shape index (κ2) is 3.90. The molecule has 1 spiro atoms. The van der Waals surface area contributed by atoms with Crippen molar-refractivity contribution in [2.24, 2.45) is 17.8 Å². The fourth-order valence-electron chi connectivity index (χ4n) is 4.60. The van der Waals surface area contributed by atoms with E-state index < -0.39 is 17.7 Å². The van der Waals surface area contributed by atoms with E-state index in [0.29, 0.717) is 11.8 Å². The van der Waals surface area contributed by atoms with Crippen LogP contribution in [0.2, 0.25) is 0 Å². The van der Waals surface area contributed by atoms with E-state index in [2.05, 4.69) is 6.92 Å². The summed E-state index contributed by atoms with van der Waals surface area (Å²) < 4.78 is 11.7. The minimum Gasteiger partial charge on any atom is -0.481 e. The Morgan fingerprint density at radius 3 is 2.80 bits per heavy atom. The van der Waals surface area contributed by atoms with Crippen molar-refractivity contribution in [3.8, 4) is 0 Å². The maximum atomic E-state index is 10.1. The predicted octanol–water partition coefficient (Wildman–Crippen LogP) is 3.02. The van der Waals surface area contributed by atoms with Crippen LogP contribution in [0.5, 0.6) is 0 Å². The van der Waals surface area contributed by atoms with Gasteiger partial charge in [-0.2, -0.15) is 0 Å². The molecule has 5 heteroatoms. The third-order valence-corrected chi connectivity index (χ3v) is 5.80. The highest BCUT2D eigenvalue weighted by Crippen LogP contribution is 2.59. The average Bonchev–Trinajstić information content (AvgIpc) is 2.63. The highest BCUT2D eigenvalue weighted by atomic mass is 17.3. The van der Waals surface area contributed by atoms with E-state index in [9.17, 15) is 5.11 Å². The zero-order valence-electron chi connectivity index (χ0n) is 12.2. The van der Waals surface area contributed by atoms with Gasteiger partial charge >= 0.3 is 0 Å². The quantitative estimate of drug-likeness (QED) is 0.692. The van der Waals surface area contributed by atoms with Crippen LogP contribution in [-0.2, 0) is 19.2 Å². The summed E-state index contributed by atoms with van der Waals surface area (Å²) in [6.07, 6.45) is 3.31. The number of hydrogen-bond donors (Lipinski definition) is 1. The molecule has 20 heavy (non-hydrogen) atoms. The molecule has 0 aromatic heterocycles. The van der Waals surface area contributed by atoms with Gasteiger partial charge in [0.1, 0.15) is 0 Å². The number of rotatable bonds is 0. The van der Waals surface area contributed by atoms with Crippen LogP contribution in [-0.4, -0.2) is 22.8 Å². The van der Waals surface area contributed by atoms with E-state index in [1.807, 2.05) is 13.8 Å². The summed E-state index contributed by atoms with van der Waals surface area (Å²) in [6, 6.07) is 0. The Bertz CT molecular complexity index is 475. The molecule has 6 atom stereocenters. The molecule has 5 rings (SSSR count). The Kier molecular flexibility index (Phi) is 2.52. The van der Waals surface area contributed by atoms with Crippen molar-refractivity contribution in [2.45, 2.75) is 64.1 Å². The standard InChI is InChI=1S/C15H22O5/c1-8-4-5-11-9(2)12(16)17-13-15(11)10(8)6-7-14(3,18-13)19-20-15/h8,10-11,13,16H,4-7H2,1-3H3/t8-,10+,11+,13-,14+,15-/m1/s1. The zero-order chi connectivity index (χ0) is 14.1. The van der Waals surface area contributed by atoms with E-state index in [0.717, 1.165) is 31.3 Å². The van der Waals surface area contributed by atoms with Gasteiger partial charge in [0.2, 0.25) is 12.1 Å². The molecule has 1 saturated carbocycles. The van der Waals surface area contributed by atoms with Crippen LogP contribution in [0.1, 0.15) is 46.5 Å². The van der Waals surface area contributed by atoms with Gasteiger partial charge in [-0.05, 0) is 39.0 Å². The van der Waals surface area contributed by atoms with Crippen molar-refractivity contribution >= 4 is 0 Å². The lowest BCUT2D eigenvalue weighted by Crippen LogP contribution is -2.66. The Balaban J connectivity index is 1.87. The van der Waals surface area contributed by atoms with E-state index >= 15 is 0 Å². The van der Waals surface area contributed by atoms with Gasteiger partial charge in [-0.1, -0.05) is 6.92 Å². The first-order valence-electron chi connectivity index (χ1n) is 7.57. The van der Waals surface area contributed by atoms with Gasteiger partial charge < -0.3 is 14.6 Å². The number of aliphatic hydroxyl groups is 1. The SMILES string of the molecule is CC1=C(O)O[C@@H]2O[C@]3(C)CC[C@H]4[C@H](C)CC[C@@H]1[C@@]24OO3. The molecule has 0 radical (unpaired) electrons. The van der Waals surface area contributed by atoms with E-state index in [-0.39, 0.29) is 11.9 Å². The molecule has 5 nitrogen and oxygen atoms in total. The number of hydrogen-bond acceptors (Lipinski definition) is 5. The van der Waals surface area contributed by atoms with E-state index in [4.69, 9.17) is 19.2 Å². The second-order valence-corrected chi connectivity index (χ2v) is 6.96. The van der Waals surface area contributed by atoms with Crippen LogP contribution in [0.3, 0.4) is 0 Å². The maximum Gasteiger partial charge on any atom is 0.278 e. The van der Waals surface area contributed by atoms with Crippen molar-refractivity contribution < 1.29 is 24.4 Å². The zero-order valence-corrected chi connectivity index (χ0v) is 12.2. The first-order valence-corrected chi connectivity index (χ1v) is 7.57. The smallest absolute Gasteiger partial charge is 0.278 e. The molecule has 2 bridgehead atoms. The van der Waals surface area contributed by atoms with Crippen LogP contribution in [0.25, 0.3) is 0 Å². The van der Waals surface area contributed by atoms with Gasteiger partial charge in [0.15, 0.2) is 5.60 Å². The van der Waals surface area contributed by atoms with Gasteiger partial charge in [-0.25, -0.2) is 9.78 Å². The molecular formula is C15H22O5. The maximum absolute atomic E-state index is 10.1. The number of ether oxygens (including phenoxy) is 2. The van der Waals surface area contributed by atoms with E-state index in [1.54, 1.807) is 0 Å². The van der Waals surface area contributed by atoms with Gasteiger partial charge in [0, 0.05) is 23.8 Å². The predicted molar refractivity (Wildman–Crippen MR) is 69.2 cm³/mol. The summed E-state index contributed by atoms with van der Waals surface area (Å²) in [4.78, 5) is 11.6. The average molecular weight is 282 g/mol. The van der Waals surface area contributed by atoms with Gasteiger partial charge in [-0.3, -0.25) is 0 Å². The molecule has 112 valence electrons. The normalized spacial score (nSPS) is 54.1. The lowest BCUT2D eigenvalue weighted by atomic mass is 9.60. The Morgan fingerprint density at radius 2 is 2.00 bits per heavy atom. The fourth-order valence-corrected chi connectivity index (χ4v) is 4.60. The number of fused-ring (bicyclic) bond motifs is 2. The summed E-state index contributed by atoms with van der Waals surface area (Å²) in [5, 5.41) is 10.1. The van der Waals surface area contributed by atoms with Crippen LogP contribution in [0.15, 0.2) is 11.5 Å². The van der Waals surface area contributed by atoms with Crippen LogP contribution in [0.4, 0.5) is 0 Å². The molecule has 0 aromatic carbocycles. The van der Waals surface area contributed by atoms with Crippen LogP contribution in [0, 0.1) is 17.8 Å². The number of aliphatic hydroxyl groups excluding tert-OH is 1. The highest BCUT2D eigenvalue weighted by molar-refractivity contribution is 5.21. The fraction of sp³-hybridized carbons (Fsp3) is 0.867. The highest BCUT2D eigenvalue weighted by Gasteiger charge is 2.68. The molecule has 1 N–H and O–H groups in total. The largest absolute Gasteiger partial charge is 0.481 e. The van der Waals surface area contributed by atoms with Crippen molar-refractivity contribution in [3.05, 3.63) is 11.5 Å². The molecule has 0 amide bonds. The van der Waals surface area contributed by atoms with E-state index in [1.165, 1.54) is 0 Å². The Morgan fingerprint density at radius 1 is 1.20 bits per heavy atom. The van der Waals surface area contributed by atoms with Crippen molar-refractivity contribution in [1.29, 1.82) is 0 Å². The monoisotopic (exact) mass is 282 g/mol. The third kappa shape index (κ3) is 1.43. The van der Waals surface area contributed by atoms with Gasteiger partial charge in [0.25, 0.3) is 5.95 Å². The molecule has 4 aliphatic heterocycles. The summed E-state index contributed by atoms with van der Waals surface area (Å²) in [5.41, 5.74) is 0.250. The molecule has 5 aliphatic rings. The molecule has 4 fully saturated rings. The summed E-state index contributed by atoms with van der Waals surface area (Å²) in [7, 11) is 0. The van der Waals surface area contributed by atoms with Gasteiger partial charge in [-0.15, -0.1) is 0 Å². The minimum atomic E-state index is -0.775. The Labute approximate surface area is 118 Å². The van der Waals surface area contributed by atoms with Crippen LogP contribution < -0.4 is 0 Å². The van der Waals surface area contributed by atoms with Crippen molar-refractivity contribution in [1.82, 2.24) is 0 Å². The molecule has 1 aliphatic carbocycles. The molecule has 3 saturated heterocycles. The summed E-state index contributed by atoms with van der Waals surface area (Å²) in [5.74, 6) is 0.198. The second-order valence-electron chi connectivity index (χ2n) is 6.96. The lowest BCUT2D eigenvalue weighted by molar-refractivity contribution is -0.558. The molecular weight excluding hydrogens is 260 g/mol. The summed E-state index contributed by atoms with van der Waals surface area (Å²) in [6.45, 7) is 6.06. The molecule has 4 heterocycles. The van der Waals surface area contributed by atoms with Gasteiger partial charge in [0.05, 0.1) is 0 Å². The van der Waals surface area contributed by atoms with Crippen molar-refractivity contribution in [2.75, 3.05) is 0 Å².